The van der Waals surface area contributed by atoms with Crippen LogP contribution in [0, 0.1) is 6.92 Å². The molecule has 2 rings (SSSR count). The quantitative estimate of drug-likeness (QED) is 0.629. The van der Waals surface area contributed by atoms with E-state index in [1.165, 1.54) is 4.88 Å². The second-order valence-electron chi connectivity index (χ2n) is 4.87. The van der Waals surface area contributed by atoms with Crippen molar-refractivity contribution < 1.29 is 4.74 Å². The molecule has 0 fully saturated rings. The number of aryl methyl sites for hydroxylation is 1. The first-order valence-corrected chi connectivity index (χ1v) is 7.59. The van der Waals surface area contributed by atoms with Gasteiger partial charge in [-0.05, 0) is 44.7 Å². The van der Waals surface area contributed by atoms with Gasteiger partial charge in [-0.25, -0.2) is 4.98 Å². The Kier molecular flexibility index (Phi) is 5.38. The highest BCUT2D eigenvalue weighted by molar-refractivity contribution is 7.09. The van der Waals surface area contributed by atoms with Crippen LogP contribution >= 0.6 is 11.3 Å². The third kappa shape index (κ3) is 4.51. The number of anilines is 1. The van der Waals surface area contributed by atoms with E-state index in [-0.39, 0.29) is 0 Å². The third-order valence-electron chi connectivity index (χ3n) is 3.09. The number of rotatable bonds is 7. The first-order valence-electron chi connectivity index (χ1n) is 6.71. The minimum Gasteiger partial charge on any atom is -0.494 e. The number of ether oxygens (including phenoxy) is 1. The molecule has 5 heteroatoms. The normalized spacial score (nSPS) is 10.9. The molecule has 1 aromatic heterocycles. The van der Waals surface area contributed by atoms with Crippen molar-refractivity contribution >= 4 is 17.0 Å². The van der Waals surface area contributed by atoms with Crippen LogP contribution in [0.5, 0.6) is 5.75 Å². The van der Waals surface area contributed by atoms with E-state index < -0.39 is 0 Å². The second-order valence-corrected chi connectivity index (χ2v) is 5.81. The van der Waals surface area contributed by atoms with Gasteiger partial charge in [-0.3, -0.25) is 0 Å². The monoisotopic (exact) mass is 291 g/mol. The fourth-order valence-corrected chi connectivity index (χ4v) is 2.75. The summed E-state index contributed by atoms with van der Waals surface area (Å²) in [6.45, 7) is 4.74. The van der Waals surface area contributed by atoms with Crippen LogP contribution in [0.4, 0.5) is 5.69 Å². The van der Waals surface area contributed by atoms with Gasteiger partial charge in [0.1, 0.15) is 5.75 Å². The number of hydrogen-bond acceptors (Lipinski definition) is 5. The summed E-state index contributed by atoms with van der Waals surface area (Å²) < 4.78 is 5.68. The van der Waals surface area contributed by atoms with Gasteiger partial charge >= 0.3 is 0 Å². The van der Waals surface area contributed by atoms with Crippen molar-refractivity contribution in [1.29, 1.82) is 0 Å². The smallest absolute Gasteiger partial charge is 0.119 e. The van der Waals surface area contributed by atoms with Gasteiger partial charge in [-0.15, -0.1) is 11.3 Å². The highest BCUT2D eigenvalue weighted by Gasteiger charge is 2.05. The largest absolute Gasteiger partial charge is 0.494 e. The Morgan fingerprint density at radius 2 is 2.05 bits per heavy atom. The van der Waals surface area contributed by atoms with Crippen LogP contribution < -0.4 is 10.5 Å². The lowest BCUT2D eigenvalue weighted by molar-refractivity contribution is 0.259. The minimum absolute atomic E-state index is 0.718. The Morgan fingerprint density at radius 3 is 2.70 bits per heavy atom. The maximum absolute atomic E-state index is 5.68. The van der Waals surface area contributed by atoms with Gasteiger partial charge in [0.25, 0.3) is 0 Å². The Hall–Kier alpha value is -1.59. The first-order chi connectivity index (χ1) is 9.65. The number of hydrogen-bond donors (Lipinski definition) is 1. The average molecular weight is 291 g/mol. The molecule has 108 valence electrons. The Labute approximate surface area is 124 Å². The van der Waals surface area contributed by atoms with Gasteiger partial charge in [0.2, 0.25) is 0 Å². The van der Waals surface area contributed by atoms with Crippen LogP contribution in [0.2, 0.25) is 0 Å². The third-order valence-corrected chi connectivity index (χ3v) is 4.01. The molecule has 20 heavy (non-hydrogen) atoms. The van der Waals surface area contributed by atoms with Crippen molar-refractivity contribution in [2.45, 2.75) is 19.9 Å². The van der Waals surface area contributed by atoms with Crippen molar-refractivity contribution in [2.75, 3.05) is 25.9 Å². The number of aromatic nitrogens is 1. The van der Waals surface area contributed by atoms with Crippen LogP contribution in [-0.2, 0) is 6.54 Å². The van der Waals surface area contributed by atoms with Gasteiger partial charge in [0.15, 0.2) is 0 Å². The molecule has 1 aromatic carbocycles. The Balaban J connectivity index is 1.65. The molecule has 4 nitrogen and oxygen atoms in total. The van der Waals surface area contributed by atoms with Crippen LogP contribution in [0.3, 0.4) is 0 Å². The van der Waals surface area contributed by atoms with Crippen molar-refractivity contribution in [3.63, 3.8) is 0 Å². The van der Waals surface area contributed by atoms with Gasteiger partial charge in [0, 0.05) is 23.7 Å². The Bertz CT molecular complexity index is 524. The number of benzene rings is 1. The predicted molar refractivity (Wildman–Crippen MR) is 84.2 cm³/mol. The highest BCUT2D eigenvalue weighted by atomic mass is 32.1. The second kappa shape index (κ2) is 7.26. The summed E-state index contributed by atoms with van der Waals surface area (Å²) in [6.07, 6.45) is 0.999. The Morgan fingerprint density at radius 1 is 1.30 bits per heavy atom. The van der Waals surface area contributed by atoms with Crippen LogP contribution in [-0.4, -0.2) is 30.1 Å². The standard InChI is InChI=1S/C15H21N3OS/c1-12-15(20-11-17-12)10-18(2)8-3-9-19-14-6-4-13(16)5-7-14/h4-7,11H,3,8-10,16H2,1-2H3. The minimum atomic E-state index is 0.718. The van der Waals surface area contributed by atoms with Crippen molar-refractivity contribution in [3.8, 4) is 5.75 Å². The van der Waals surface area contributed by atoms with E-state index in [0.717, 1.165) is 43.2 Å². The summed E-state index contributed by atoms with van der Waals surface area (Å²) in [6, 6.07) is 7.52. The molecule has 0 aliphatic carbocycles. The van der Waals surface area contributed by atoms with Crippen LogP contribution in [0.25, 0.3) is 0 Å². The van der Waals surface area contributed by atoms with Crippen molar-refractivity contribution in [3.05, 3.63) is 40.3 Å². The van der Waals surface area contributed by atoms with Crippen molar-refractivity contribution in [2.24, 2.45) is 0 Å². The highest BCUT2D eigenvalue weighted by Crippen LogP contribution is 2.15. The lowest BCUT2D eigenvalue weighted by Gasteiger charge is -2.16. The fraction of sp³-hybridized carbons (Fsp3) is 0.400. The zero-order valence-corrected chi connectivity index (χ0v) is 12.8. The lowest BCUT2D eigenvalue weighted by Crippen LogP contribution is -2.20. The summed E-state index contributed by atoms with van der Waals surface area (Å²) in [5.41, 5.74) is 9.44. The molecule has 0 radical (unpaired) electrons. The predicted octanol–water partition coefficient (Wildman–Crippen LogP) is 2.93. The van der Waals surface area contributed by atoms with E-state index in [2.05, 4.69) is 23.9 Å². The van der Waals surface area contributed by atoms with Crippen LogP contribution in [0.1, 0.15) is 17.0 Å². The van der Waals surface area contributed by atoms with Crippen molar-refractivity contribution in [1.82, 2.24) is 9.88 Å². The maximum Gasteiger partial charge on any atom is 0.119 e. The molecule has 2 aromatic rings. The van der Waals surface area contributed by atoms with Gasteiger partial charge < -0.3 is 15.4 Å². The lowest BCUT2D eigenvalue weighted by atomic mass is 10.3. The summed E-state index contributed by atoms with van der Waals surface area (Å²) in [4.78, 5) is 7.91. The molecule has 0 amide bonds. The molecule has 0 saturated carbocycles. The molecule has 1 heterocycles. The topological polar surface area (TPSA) is 51.4 Å². The summed E-state index contributed by atoms with van der Waals surface area (Å²) in [7, 11) is 2.13. The first kappa shape index (κ1) is 14.8. The van der Waals surface area contributed by atoms with E-state index in [9.17, 15) is 0 Å². The molecule has 0 saturated heterocycles. The number of nitrogen functional groups attached to an aromatic ring is 1. The summed E-state index contributed by atoms with van der Waals surface area (Å²) >= 11 is 1.72. The average Bonchev–Trinajstić information content (AvgIpc) is 2.82. The van der Waals surface area contributed by atoms with Gasteiger partial charge in [-0.2, -0.15) is 0 Å². The molecule has 2 N–H and O–H groups in total. The zero-order valence-electron chi connectivity index (χ0n) is 12.0. The summed E-state index contributed by atoms with van der Waals surface area (Å²) in [5.74, 6) is 0.875. The van der Waals surface area contributed by atoms with Crippen LogP contribution in [0.15, 0.2) is 29.8 Å². The zero-order chi connectivity index (χ0) is 14.4. The molecule has 0 bridgehead atoms. The molecule has 0 unspecified atom stereocenters. The number of nitrogens with two attached hydrogens (primary N) is 1. The molecular weight excluding hydrogens is 270 g/mol. The van der Waals surface area contributed by atoms with E-state index in [1.54, 1.807) is 11.3 Å². The van der Waals surface area contributed by atoms with E-state index >= 15 is 0 Å². The molecule has 0 atom stereocenters. The van der Waals surface area contributed by atoms with E-state index in [0.29, 0.717) is 0 Å². The molecule has 0 spiro atoms. The van der Waals surface area contributed by atoms with Gasteiger partial charge in [-0.1, -0.05) is 0 Å². The molecule has 0 aliphatic heterocycles. The van der Waals surface area contributed by atoms with Gasteiger partial charge in [0.05, 0.1) is 17.8 Å². The van der Waals surface area contributed by atoms with E-state index in [4.69, 9.17) is 10.5 Å². The molecular formula is C15H21N3OS. The SMILES string of the molecule is Cc1ncsc1CN(C)CCCOc1ccc(N)cc1. The number of nitrogens with zero attached hydrogens (tertiary/aromatic N) is 2. The van der Waals surface area contributed by atoms with E-state index in [1.807, 2.05) is 29.8 Å². The maximum atomic E-state index is 5.68. The molecule has 0 aliphatic rings. The number of thiazole rings is 1. The summed E-state index contributed by atoms with van der Waals surface area (Å²) in [5, 5.41) is 0. The fourth-order valence-electron chi connectivity index (χ4n) is 1.89.